The van der Waals surface area contributed by atoms with Crippen molar-refractivity contribution in [1.82, 2.24) is 5.43 Å². The summed E-state index contributed by atoms with van der Waals surface area (Å²) >= 11 is 13.3. The average Bonchev–Trinajstić information content (AvgIpc) is 2.95. The minimum atomic E-state index is -0.732. The Morgan fingerprint density at radius 1 is 1.43 bits per heavy atom. The first-order valence-electron chi connectivity index (χ1n) is 6.04. The molecule has 0 fully saturated rings. The van der Waals surface area contributed by atoms with Gasteiger partial charge in [0.15, 0.2) is 6.10 Å². The van der Waals surface area contributed by atoms with Crippen LogP contribution in [0.4, 0.5) is 0 Å². The first-order valence-corrected chi connectivity index (χ1v) is 7.68. The van der Waals surface area contributed by atoms with E-state index < -0.39 is 6.10 Å². The standard InChI is InChI=1S/C14H12Cl2N2O2S/c1-9(20-13-5-4-10(15)7-12(13)16)14(19)18-17-8-11-3-2-6-21-11/h2-9H,1H3,(H,18,19). The number of carbonyl (C=O) groups is 1. The summed E-state index contributed by atoms with van der Waals surface area (Å²) in [6.45, 7) is 1.61. The van der Waals surface area contributed by atoms with E-state index in [9.17, 15) is 4.79 Å². The molecule has 0 saturated heterocycles. The Labute approximate surface area is 136 Å². The van der Waals surface area contributed by atoms with Crippen molar-refractivity contribution in [3.8, 4) is 5.75 Å². The van der Waals surface area contributed by atoms with E-state index >= 15 is 0 Å². The van der Waals surface area contributed by atoms with Crippen molar-refractivity contribution in [1.29, 1.82) is 0 Å². The fourth-order valence-corrected chi connectivity index (χ4v) is 2.47. The first kappa shape index (κ1) is 15.8. The zero-order chi connectivity index (χ0) is 15.2. The van der Waals surface area contributed by atoms with Crippen molar-refractivity contribution in [3.05, 3.63) is 50.6 Å². The second-order valence-corrected chi connectivity index (χ2v) is 5.91. The predicted octanol–water partition coefficient (Wildman–Crippen LogP) is 3.97. The molecular weight excluding hydrogens is 331 g/mol. The molecule has 21 heavy (non-hydrogen) atoms. The monoisotopic (exact) mass is 342 g/mol. The van der Waals surface area contributed by atoms with E-state index in [1.165, 1.54) is 11.3 Å². The molecule has 2 aromatic rings. The lowest BCUT2D eigenvalue weighted by Crippen LogP contribution is -2.33. The number of rotatable bonds is 5. The van der Waals surface area contributed by atoms with E-state index in [1.54, 1.807) is 31.3 Å². The summed E-state index contributed by atoms with van der Waals surface area (Å²) in [6.07, 6.45) is 0.842. The number of hydrogen-bond acceptors (Lipinski definition) is 4. The Hall–Kier alpha value is -1.56. The highest BCUT2D eigenvalue weighted by atomic mass is 35.5. The van der Waals surface area contributed by atoms with Crippen LogP contribution in [-0.4, -0.2) is 18.2 Å². The average molecular weight is 343 g/mol. The fourth-order valence-electron chi connectivity index (χ4n) is 1.43. The van der Waals surface area contributed by atoms with Crippen molar-refractivity contribution in [2.75, 3.05) is 0 Å². The highest BCUT2D eigenvalue weighted by Gasteiger charge is 2.15. The van der Waals surface area contributed by atoms with Gasteiger partial charge in [0, 0.05) is 9.90 Å². The Balaban J connectivity index is 1.90. The lowest BCUT2D eigenvalue weighted by Gasteiger charge is -2.14. The van der Waals surface area contributed by atoms with Crippen molar-refractivity contribution < 1.29 is 9.53 Å². The number of thiophene rings is 1. The van der Waals surface area contributed by atoms with E-state index in [4.69, 9.17) is 27.9 Å². The molecule has 1 N–H and O–H groups in total. The number of nitrogens with zero attached hydrogens (tertiary/aromatic N) is 1. The van der Waals surface area contributed by atoms with Crippen molar-refractivity contribution in [2.24, 2.45) is 5.10 Å². The highest BCUT2D eigenvalue weighted by Crippen LogP contribution is 2.28. The molecule has 0 spiro atoms. The normalized spacial score (nSPS) is 12.3. The van der Waals surface area contributed by atoms with Gasteiger partial charge in [0.05, 0.1) is 11.2 Å². The summed E-state index contributed by atoms with van der Waals surface area (Å²) in [5.74, 6) is 0.0276. The molecule has 0 radical (unpaired) electrons. The zero-order valence-corrected chi connectivity index (χ0v) is 13.4. The molecule has 7 heteroatoms. The van der Waals surface area contributed by atoms with Gasteiger partial charge in [-0.3, -0.25) is 4.79 Å². The van der Waals surface area contributed by atoms with Crippen LogP contribution in [-0.2, 0) is 4.79 Å². The van der Waals surface area contributed by atoms with E-state index in [0.29, 0.717) is 15.8 Å². The van der Waals surface area contributed by atoms with E-state index in [-0.39, 0.29) is 5.91 Å². The molecule has 110 valence electrons. The molecule has 1 amide bonds. The number of benzene rings is 1. The third-order valence-electron chi connectivity index (χ3n) is 2.48. The predicted molar refractivity (Wildman–Crippen MR) is 86.6 cm³/mol. The highest BCUT2D eigenvalue weighted by molar-refractivity contribution is 7.11. The van der Waals surface area contributed by atoms with Crippen molar-refractivity contribution >= 4 is 46.7 Å². The van der Waals surface area contributed by atoms with Crippen molar-refractivity contribution in [2.45, 2.75) is 13.0 Å². The van der Waals surface area contributed by atoms with Crippen LogP contribution in [0, 0.1) is 0 Å². The fraction of sp³-hybridized carbons (Fsp3) is 0.143. The minimum absolute atomic E-state index is 0.351. The molecule has 1 aromatic heterocycles. The van der Waals surface area contributed by atoms with Gasteiger partial charge in [-0.25, -0.2) is 5.43 Å². The van der Waals surface area contributed by atoms with Gasteiger partial charge < -0.3 is 4.74 Å². The summed E-state index contributed by atoms with van der Waals surface area (Å²) in [5.41, 5.74) is 2.41. The number of hydrogen-bond donors (Lipinski definition) is 1. The van der Waals surface area contributed by atoms with Gasteiger partial charge in [-0.1, -0.05) is 29.3 Å². The van der Waals surface area contributed by atoms with Gasteiger partial charge in [-0.05, 0) is 36.6 Å². The van der Waals surface area contributed by atoms with Crippen LogP contribution >= 0.6 is 34.5 Å². The van der Waals surface area contributed by atoms with Crippen LogP contribution < -0.4 is 10.2 Å². The number of ether oxygens (including phenoxy) is 1. The van der Waals surface area contributed by atoms with E-state index in [0.717, 1.165) is 4.88 Å². The topological polar surface area (TPSA) is 50.7 Å². The Morgan fingerprint density at radius 2 is 2.24 bits per heavy atom. The lowest BCUT2D eigenvalue weighted by molar-refractivity contribution is -0.127. The van der Waals surface area contributed by atoms with Gasteiger partial charge in [0.2, 0.25) is 0 Å². The maximum absolute atomic E-state index is 11.8. The molecule has 0 aliphatic heterocycles. The second-order valence-electron chi connectivity index (χ2n) is 4.08. The second kappa shape index (κ2) is 7.45. The van der Waals surface area contributed by atoms with E-state index in [1.807, 2.05) is 17.5 Å². The lowest BCUT2D eigenvalue weighted by atomic mass is 10.3. The van der Waals surface area contributed by atoms with Crippen LogP contribution in [0.2, 0.25) is 10.0 Å². The summed E-state index contributed by atoms with van der Waals surface area (Å²) in [6, 6.07) is 8.61. The SMILES string of the molecule is CC(Oc1ccc(Cl)cc1Cl)C(=O)NN=Cc1cccs1. The Kier molecular flexibility index (Phi) is 5.61. The molecule has 4 nitrogen and oxygen atoms in total. The van der Waals surface area contributed by atoms with Gasteiger partial charge in [0.1, 0.15) is 5.75 Å². The molecule has 1 unspecified atom stereocenters. The number of carbonyl (C=O) groups excluding carboxylic acids is 1. The molecule has 0 saturated carbocycles. The van der Waals surface area contributed by atoms with Crippen LogP contribution in [0.5, 0.6) is 5.75 Å². The quantitative estimate of drug-likeness (QED) is 0.660. The number of hydrazone groups is 1. The maximum atomic E-state index is 11.8. The van der Waals surface area contributed by atoms with Gasteiger partial charge in [-0.2, -0.15) is 5.10 Å². The van der Waals surface area contributed by atoms with Gasteiger partial charge in [-0.15, -0.1) is 11.3 Å². The molecule has 1 aromatic carbocycles. The first-order chi connectivity index (χ1) is 10.1. The zero-order valence-electron chi connectivity index (χ0n) is 11.0. The Morgan fingerprint density at radius 3 is 2.90 bits per heavy atom. The minimum Gasteiger partial charge on any atom is -0.479 e. The molecule has 2 rings (SSSR count). The molecule has 0 bridgehead atoms. The largest absolute Gasteiger partial charge is 0.479 e. The van der Waals surface area contributed by atoms with Gasteiger partial charge >= 0.3 is 0 Å². The molecule has 1 atom stereocenters. The maximum Gasteiger partial charge on any atom is 0.280 e. The summed E-state index contributed by atoms with van der Waals surface area (Å²) in [7, 11) is 0. The van der Waals surface area contributed by atoms with Crippen LogP contribution in [0.3, 0.4) is 0 Å². The van der Waals surface area contributed by atoms with Crippen LogP contribution in [0.15, 0.2) is 40.8 Å². The number of halogens is 2. The van der Waals surface area contributed by atoms with E-state index in [2.05, 4.69) is 10.5 Å². The summed E-state index contributed by atoms with van der Waals surface area (Å²) in [4.78, 5) is 12.8. The number of nitrogens with one attached hydrogen (secondary N) is 1. The third-order valence-corrected chi connectivity index (χ3v) is 3.81. The Bertz CT molecular complexity index is 644. The van der Waals surface area contributed by atoms with Crippen molar-refractivity contribution in [3.63, 3.8) is 0 Å². The van der Waals surface area contributed by atoms with Crippen LogP contribution in [0.1, 0.15) is 11.8 Å². The molecule has 0 aliphatic rings. The van der Waals surface area contributed by atoms with Crippen LogP contribution in [0.25, 0.3) is 0 Å². The summed E-state index contributed by atoms with van der Waals surface area (Å²) in [5, 5.41) is 6.65. The molecular formula is C14H12Cl2N2O2S. The third kappa shape index (κ3) is 4.74. The smallest absolute Gasteiger partial charge is 0.280 e. The summed E-state index contributed by atoms with van der Waals surface area (Å²) < 4.78 is 5.48. The molecule has 1 heterocycles. The van der Waals surface area contributed by atoms with Gasteiger partial charge in [0.25, 0.3) is 5.91 Å². The number of amides is 1. The molecule has 0 aliphatic carbocycles.